The zero-order chi connectivity index (χ0) is 34.1. The molecule has 47 heavy (non-hydrogen) atoms. The maximum Gasteiger partial charge on any atom is 0.354 e. The van der Waals surface area contributed by atoms with E-state index in [1.165, 1.54) is 22.8 Å². The fraction of sp³-hybridized carbons (Fsp3) is 0.353. The van der Waals surface area contributed by atoms with Crippen LogP contribution in [0.25, 0.3) is 27.7 Å². The van der Waals surface area contributed by atoms with Crippen molar-refractivity contribution in [2.75, 3.05) is 42.2 Å². The van der Waals surface area contributed by atoms with Crippen LogP contribution in [0.4, 0.5) is 26.0 Å². The summed E-state index contributed by atoms with van der Waals surface area (Å²) in [6.07, 6.45) is 3.47. The molecule has 4 aromatic rings. The van der Waals surface area contributed by atoms with Crippen LogP contribution in [-0.2, 0) is 4.79 Å². The highest BCUT2D eigenvalue weighted by atomic mass is 35.5. The molecule has 0 bridgehead atoms. The molecule has 0 radical (unpaired) electrons. The number of aryl methyl sites for hydroxylation is 1. The average Bonchev–Trinajstić information content (AvgIpc) is 3.02. The van der Waals surface area contributed by atoms with Gasteiger partial charge in [0, 0.05) is 50.0 Å². The lowest BCUT2D eigenvalue weighted by Gasteiger charge is -2.48. The van der Waals surface area contributed by atoms with Crippen LogP contribution < -0.4 is 21.2 Å². The number of piperazine rings is 1. The molecule has 1 fully saturated rings. The van der Waals surface area contributed by atoms with Gasteiger partial charge >= 0.3 is 5.69 Å². The molecule has 6 rings (SSSR count). The number of carbonyl (C=O) groups excluding carboxylic acids is 1. The van der Waals surface area contributed by atoms with E-state index >= 15 is 8.78 Å². The molecule has 2 aliphatic heterocycles. The molecule has 246 valence electrons. The van der Waals surface area contributed by atoms with Crippen molar-refractivity contribution in [2.45, 2.75) is 52.1 Å². The molecule has 9 nitrogen and oxygen atoms in total. The first-order valence-corrected chi connectivity index (χ1v) is 16.1. The van der Waals surface area contributed by atoms with Crippen LogP contribution in [0.3, 0.4) is 0 Å². The van der Waals surface area contributed by atoms with Crippen LogP contribution in [0.15, 0.2) is 41.8 Å². The van der Waals surface area contributed by atoms with Crippen molar-refractivity contribution in [3.8, 4) is 16.8 Å². The van der Waals surface area contributed by atoms with Crippen molar-refractivity contribution < 1.29 is 13.6 Å². The molecule has 2 aromatic heterocycles. The molecule has 4 heterocycles. The van der Waals surface area contributed by atoms with Crippen LogP contribution in [0.2, 0.25) is 10.0 Å². The molecule has 2 aliphatic rings. The number of amides is 1. The van der Waals surface area contributed by atoms with Gasteiger partial charge in [0.25, 0.3) is 0 Å². The number of hydrogen-bond donors (Lipinski definition) is 1. The van der Waals surface area contributed by atoms with E-state index in [1.807, 2.05) is 32.6 Å². The maximum atomic E-state index is 17.2. The zero-order valence-electron chi connectivity index (χ0n) is 26.7. The Morgan fingerprint density at radius 2 is 1.87 bits per heavy atom. The van der Waals surface area contributed by atoms with Crippen molar-refractivity contribution in [1.29, 1.82) is 0 Å². The van der Waals surface area contributed by atoms with E-state index in [0.717, 1.165) is 5.56 Å². The normalized spacial score (nSPS) is 18.0. The van der Waals surface area contributed by atoms with Gasteiger partial charge in [0.05, 0.1) is 49.7 Å². The first-order valence-electron chi connectivity index (χ1n) is 15.4. The molecule has 13 heteroatoms. The van der Waals surface area contributed by atoms with Gasteiger partial charge in [0.1, 0.15) is 5.82 Å². The number of halogens is 4. The Kier molecular flexibility index (Phi) is 8.42. The summed E-state index contributed by atoms with van der Waals surface area (Å²) in [4.78, 5) is 41.8. The Balaban J connectivity index is 1.79. The van der Waals surface area contributed by atoms with Crippen molar-refractivity contribution in [3.05, 3.63) is 80.5 Å². The minimum Gasteiger partial charge on any atom is -0.397 e. The molecule has 2 aromatic carbocycles. The van der Waals surface area contributed by atoms with Crippen molar-refractivity contribution >= 4 is 57.2 Å². The quantitative estimate of drug-likeness (QED) is 0.150. The highest BCUT2D eigenvalue weighted by Gasteiger charge is 2.39. The van der Waals surface area contributed by atoms with Gasteiger partial charge in [-0.25, -0.2) is 13.6 Å². The van der Waals surface area contributed by atoms with Crippen molar-refractivity contribution in [2.24, 2.45) is 0 Å². The molecular weight excluding hydrogens is 647 g/mol. The van der Waals surface area contributed by atoms with E-state index in [2.05, 4.69) is 16.5 Å². The maximum absolute atomic E-state index is 17.2. The van der Waals surface area contributed by atoms with Crippen LogP contribution >= 0.6 is 23.2 Å². The van der Waals surface area contributed by atoms with Gasteiger partial charge in [-0.05, 0) is 56.0 Å². The molecule has 1 saturated heterocycles. The summed E-state index contributed by atoms with van der Waals surface area (Å²) in [7, 11) is 1.73. The first-order chi connectivity index (χ1) is 22.3. The molecular formula is C34H35Cl2F2N7O2. The van der Waals surface area contributed by atoms with Crippen LogP contribution in [0.5, 0.6) is 0 Å². The minimum absolute atomic E-state index is 0.0384. The van der Waals surface area contributed by atoms with Gasteiger partial charge in [0.15, 0.2) is 11.6 Å². The lowest BCUT2D eigenvalue weighted by molar-refractivity contribution is -0.127. The van der Waals surface area contributed by atoms with E-state index in [0.29, 0.717) is 42.8 Å². The third-order valence-corrected chi connectivity index (χ3v) is 9.76. The summed E-state index contributed by atoms with van der Waals surface area (Å²) in [6.45, 7) is 12.5. The zero-order valence-corrected chi connectivity index (χ0v) is 28.3. The number of nitrogen functional groups attached to an aromatic ring is 1. The number of fused-ring (bicyclic) bond motifs is 2. The Hall–Kier alpha value is -4.22. The van der Waals surface area contributed by atoms with Gasteiger partial charge in [0.2, 0.25) is 5.91 Å². The lowest BCUT2D eigenvalue weighted by Crippen LogP contribution is -2.60. The number of benzene rings is 2. The van der Waals surface area contributed by atoms with E-state index < -0.39 is 17.3 Å². The summed E-state index contributed by atoms with van der Waals surface area (Å²) in [5.74, 6) is -1.71. The van der Waals surface area contributed by atoms with E-state index in [-0.39, 0.29) is 67.8 Å². The van der Waals surface area contributed by atoms with Crippen LogP contribution in [0, 0.1) is 18.6 Å². The third-order valence-electron chi connectivity index (χ3n) is 9.17. The monoisotopic (exact) mass is 681 g/mol. The fourth-order valence-electron chi connectivity index (χ4n) is 6.99. The van der Waals surface area contributed by atoms with Crippen LogP contribution in [-0.4, -0.2) is 64.1 Å². The van der Waals surface area contributed by atoms with Gasteiger partial charge in [-0.3, -0.25) is 14.3 Å². The fourth-order valence-corrected chi connectivity index (χ4v) is 7.45. The molecule has 0 aliphatic carbocycles. The number of nitrogens with zero attached hydrogens (tertiary/aromatic N) is 6. The molecule has 2 atom stereocenters. The third kappa shape index (κ3) is 5.20. The standard InChI is InChI=1S/C34H35Cl2F2N7O2/c1-7-24(46)43-14-18(5)44-19(15-43)9-11-42(6)32-26-23(12-20(27(32)37)25-28(38)21(35)13-22(36)29(25)39)45(34(47)41-33(26)44)31-17(4)8-10-40-30(31)16(2)3/h7-8,10,12-13,16,18-19H,1,9,11,14-15,39H2,2-6H3. The Bertz CT molecular complexity index is 2010. The highest BCUT2D eigenvalue weighted by molar-refractivity contribution is 6.37. The summed E-state index contributed by atoms with van der Waals surface area (Å²) >= 11 is 12.5. The second kappa shape index (κ2) is 12.1. The Morgan fingerprint density at radius 1 is 1.15 bits per heavy atom. The number of aromatic nitrogens is 3. The smallest absolute Gasteiger partial charge is 0.354 e. The van der Waals surface area contributed by atoms with Crippen molar-refractivity contribution in [1.82, 2.24) is 19.4 Å². The topological polar surface area (TPSA) is 101 Å². The molecule has 2 unspecified atom stereocenters. The number of hydrogen-bond acceptors (Lipinski definition) is 7. The lowest BCUT2D eigenvalue weighted by atomic mass is 9.95. The molecule has 1 amide bonds. The summed E-state index contributed by atoms with van der Waals surface area (Å²) in [6, 6.07) is 3.86. The molecule has 0 saturated carbocycles. The number of pyridine rings is 1. The summed E-state index contributed by atoms with van der Waals surface area (Å²) in [5, 5.41) is -0.00155. The summed E-state index contributed by atoms with van der Waals surface area (Å²) < 4.78 is 34.4. The summed E-state index contributed by atoms with van der Waals surface area (Å²) in [5.41, 5.74) is 7.26. The largest absolute Gasteiger partial charge is 0.397 e. The van der Waals surface area contributed by atoms with E-state index in [1.54, 1.807) is 29.1 Å². The second-order valence-corrected chi connectivity index (χ2v) is 13.4. The van der Waals surface area contributed by atoms with E-state index in [4.69, 9.17) is 28.9 Å². The average molecular weight is 683 g/mol. The predicted octanol–water partition coefficient (Wildman–Crippen LogP) is 6.48. The number of rotatable bonds is 4. The van der Waals surface area contributed by atoms with Gasteiger partial charge in [-0.1, -0.05) is 43.6 Å². The number of anilines is 3. The SMILES string of the molecule is C=CC(=O)N1CC(C)N2c3nc(=O)n(-c4c(C)ccnc4C(C)C)c4cc(-c5c(N)c(Cl)cc(Cl)c5F)c(F)c(c34)N(C)CCC2C1. The second-order valence-electron chi connectivity index (χ2n) is 12.6. The number of nitrogens with two attached hydrogens (primary N) is 1. The molecule has 2 N–H and O–H groups in total. The van der Waals surface area contributed by atoms with Gasteiger partial charge < -0.3 is 20.4 Å². The number of carbonyl (C=O) groups is 1. The first kappa shape index (κ1) is 32.7. The minimum atomic E-state index is -0.937. The predicted molar refractivity (Wildman–Crippen MR) is 184 cm³/mol. The van der Waals surface area contributed by atoms with E-state index in [9.17, 15) is 9.59 Å². The van der Waals surface area contributed by atoms with Crippen molar-refractivity contribution in [3.63, 3.8) is 0 Å². The molecule has 0 spiro atoms. The Morgan fingerprint density at radius 3 is 2.55 bits per heavy atom. The van der Waals surface area contributed by atoms with Gasteiger partial charge in [-0.15, -0.1) is 0 Å². The van der Waals surface area contributed by atoms with Gasteiger partial charge in [-0.2, -0.15) is 4.98 Å². The Labute approximate surface area is 281 Å². The highest BCUT2D eigenvalue weighted by Crippen LogP contribution is 2.47. The van der Waals surface area contributed by atoms with Crippen LogP contribution in [0.1, 0.15) is 44.4 Å².